The summed E-state index contributed by atoms with van der Waals surface area (Å²) in [4.78, 5) is 23.6. The molecule has 1 amide bonds. The van der Waals surface area contributed by atoms with Crippen molar-refractivity contribution in [1.82, 2.24) is 5.32 Å². The fraction of sp³-hybridized carbons (Fsp3) is 0.941. The zero-order chi connectivity index (χ0) is 15.3. The number of carbonyl (C=O) groups excluding carboxylic acids is 1. The third-order valence-corrected chi connectivity index (χ3v) is 6.85. The molecule has 0 aromatic carbocycles. The Kier molecular flexibility index (Phi) is 3.42. The Morgan fingerprint density at radius 2 is 1.45 bits per heavy atom. The van der Waals surface area contributed by atoms with E-state index in [0.717, 1.165) is 49.9 Å². The molecule has 5 aliphatic carbocycles. The summed E-state index contributed by atoms with van der Waals surface area (Å²) in [6.07, 6.45) is 10.1. The molecule has 5 heteroatoms. The predicted molar refractivity (Wildman–Crippen MR) is 81.8 cm³/mol. The van der Waals surface area contributed by atoms with Crippen molar-refractivity contribution >= 4 is 5.91 Å². The third-order valence-electron chi connectivity index (χ3n) is 6.85. The van der Waals surface area contributed by atoms with Crippen LogP contribution in [0.25, 0.3) is 0 Å². The monoisotopic (exact) mass is 306 g/mol. The van der Waals surface area contributed by atoms with Gasteiger partial charge in [-0.3, -0.25) is 14.9 Å². The van der Waals surface area contributed by atoms with Crippen molar-refractivity contribution in [3.63, 3.8) is 0 Å². The maximum absolute atomic E-state index is 12.9. The highest BCUT2D eigenvalue weighted by Gasteiger charge is 2.54. The van der Waals surface area contributed by atoms with Gasteiger partial charge < -0.3 is 5.32 Å². The van der Waals surface area contributed by atoms with Crippen molar-refractivity contribution in [3.8, 4) is 0 Å². The average molecular weight is 306 g/mol. The first-order valence-corrected chi connectivity index (χ1v) is 8.98. The number of hydrogen-bond donors (Lipinski definition) is 1. The Morgan fingerprint density at radius 1 is 0.955 bits per heavy atom. The van der Waals surface area contributed by atoms with E-state index >= 15 is 0 Å². The molecule has 0 aromatic heterocycles. The highest BCUT2D eigenvalue weighted by atomic mass is 16.6. The van der Waals surface area contributed by atoms with Crippen LogP contribution in [0.2, 0.25) is 0 Å². The summed E-state index contributed by atoms with van der Waals surface area (Å²) in [5.74, 6) is 2.61. The van der Waals surface area contributed by atoms with Crippen LogP contribution in [-0.4, -0.2) is 22.9 Å². The lowest BCUT2D eigenvalue weighted by atomic mass is 9.49. The fourth-order valence-corrected chi connectivity index (χ4v) is 6.16. The topological polar surface area (TPSA) is 72.2 Å². The molecule has 0 atom stereocenters. The molecule has 1 N–H and O–H groups in total. The summed E-state index contributed by atoms with van der Waals surface area (Å²) in [7, 11) is 0. The summed E-state index contributed by atoms with van der Waals surface area (Å²) in [6, 6.07) is -0.232. The molecule has 5 aliphatic rings. The quantitative estimate of drug-likeness (QED) is 0.643. The van der Waals surface area contributed by atoms with Crippen molar-refractivity contribution < 1.29 is 9.72 Å². The van der Waals surface area contributed by atoms with Crippen LogP contribution < -0.4 is 5.32 Å². The van der Waals surface area contributed by atoms with Crippen LogP contribution in [0, 0.1) is 33.3 Å². The molecule has 5 saturated carbocycles. The Morgan fingerprint density at radius 3 is 1.91 bits per heavy atom. The number of nitro groups is 1. The van der Waals surface area contributed by atoms with Gasteiger partial charge in [-0.25, -0.2) is 0 Å². The van der Waals surface area contributed by atoms with Crippen LogP contribution >= 0.6 is 0 Å². The van der Waals surface area contributed by atoms with Gasteiger partial charge in [0.05, 0.1) is 0 Å². The van der Waals surface area contributed by atoms with Gasteiger partial charge in [0, 0.05) is 29.2 Å². The maximum Gasteiger partial charge on any atom is 0.226 e. The molecule has 0 unspecified atom stereocenters. The van der Waals surface area contributed by atoms with Crippen LogP contribution in [0.3, 0.4) is 0 Å². The van der Waals surface area contributed by atoms with E-state index in [1.807, 2.05) is 0 Å². The van der Waals surface area contributed by atoms with E-state index in [4.69, 9.17) is 0 Å². The van der Waals surface area contributed by atoms with E-state index in [0.29, 0.717) is 12.8 Å². The minimum absolute atomic E-state index is 0.0886. The molecule has 5 rings (SSSR count). The maximum atomic E-state index is 12.9. The van der Waals surface area contributed by atoms with Gasteiger partial charge in [-0.15, -0.1) is 0 Å². The van der Waals surface area contributed by atoms with E-state index < -0.39 is 6.04 Å². The first kappa shape index (κ1) is 14.5. The molecule has 0 spiro atoms. The van der Waals surface area contributed by atoms with Crippen molar-refractivity contribution in [2.75, 3.05) is 0 Å². The van der Waals surface area contributed by atoms with E-state index in [1.54, 1.807) is 0 Å². The van der Waals surface area contributed by atoms with Crippen LogP contribution in [0.1, 0.15) is 64.2 Å². The largest absolute Gasteiger partial charge is 0.353 e. The van der Waals surface area contributed by atoms with Crippen molar-refractivity contribution in [3.05, 3.63) is 10.1 Å². The lowest BCUT2D eigenvalue weighted by Crippen LogP contribution is -2.55. The van der Waals surface area contributed by atoms with Crippen LogP contribution in [0.15, 0.2) is 0 Å². The van der Waals surface area contributed by atoms with E-state index in [-0.39, 0.29) is 22.3 Å². The minimum atomic E-state index is -0.396. The van der Waals surface area contributed by atoms with Gasteiger partial charge in [0.2, 0.25) is 11.9 Å². The standard InChI is InChI=1S/C17H26N2O3/c20-16(18-14-1-3-15(4-2-14)19(21)22)17-8-11-5-12(9-17)7-13(6-11)10-17/h11-15H,1-10H2,(H,18,20). The van der Waals surface area contributed by atoms with Gasteiger partial charge in [0.15, 0.2) is 0 Å². The first-order chi connectivity index (χ1) is 10.5. The number of nitrogens with one attached hydrogen (secondary N) is 1. The Hall–Kier alpha value is -1.13. The van der Waals surface area contributed by atoms with E-state index in [9.17, 15) is 14.9 Å². The summed E-state index contributed by atoms with van der Waals surface area (Å²) < 4.78 is 0. The smallest absolute Gasteiger partial charge is 0.226 e. The van der Waals surface area contributed by atoms with Crippen molar-refractivity contribution in [1.29, 1.82) is 0 Å². The van der Waals surface area contributed by atoms with Crippen LogP contribution in [0.5, 0.6) is 0 Å². The summed E-state index contributed by atoms with van der Waals surface area (Å²) in [5, 5.41) is 14.1. The number of carbonyl (C=O) groups is 1. The average Bonchev–Trinajstić information content (AvgIpc) is 2.46. The fourth-order valence-electron chi connectivity index (χ4n) is 6.16. The Balaban J connectivity index is 1.38. The van der Waals surface area contributed by atoms with Gasteiger partial charge in [-0.1, -0.05) is 0 Å². The zero-order valence-corrected chi connectivity index (χ0v) is 13.1. The van der Waals surface area contributed by atoms with Crippen molar-refractivity contribution in [2.24, 2.45) is 23.2 Å². The molecule has 0 aromatic rings. The first-order valence-electron chi connectivity index (χ1n) is 8.98. The molecule has 22 heavy (non-hydrogen) atoms. The van der Waals surface area contributed by atoms with E-state index in [1.165, 1.54) is 19.3 Å². The Labute approximate surface area is 131 Å². The van der Waals surface area contributed by atoms with Gasteiger partial charge in [-0.2, -0.15) is 0 Å². The lowest BCUT2D eigenvalue weighted by Gasteiger charge is -2.56. The molecule has 0 aliphatic heterocycles. The molecule has 0 radical (unpaired) electrons. The molecule has 0 saturated heterocycles. The summed E-state index contributed by atoms with van der Waals surface area (Å²) >= 11 is 0. The van der Waals surface area contributed by atoms with Crippen LogP contribution in [0.4, 0.5) is 0 Å². The molecular formula is C17H26N2O3. The molecule has 122 valence electrons. The molecule has 0 heterocycles. The SMILES string of the molecule is O=C(NC1CCC([N+](=O)[O-])CC1)C12CC3CC(CC(C3)C1)C2. The number of hydrogen-bond acceptors (Lipinski definition) is 3. The van der Waals surface area contributed by atoms with E-state index in [2.05, 4.69) is 5.32 Å². The number of nitrogens with zero attached hydrogens (tertiary/aromatic N) is 1. The second-order valence-electron chi connectivity index (χ2n) is 8.46. The zero-order valence-electron chi connectivity index (χ0n) is 13.1. The molecule has 4 bridgehead atoms. The molecule has 5 fully saturated rings. The number of amides is 1. The molecular weight excluding hydrogens is 280 g/mol. The van der Waals surface area contributed by atoms with Gasteiger partial charge >= 0.3 is 0 Å². The normalized spacial score (nSPS) is 46.5. The highest BCUT2D eigenvalue weighted by molar-refractivity contribution is 5.83. The van der Waals surface area contributed by atoms with Crippen LogP contribution in [-0.2, 0) is 4.79 Å². The van der Waals surface area contributed by atoms with Gasteiger partial charge in [0.1, 0.15) is 0 Å². The summed E-state index contributed by atoms with van der Waals surface area (Å²) in [5.41, 5.74) is -0.0886. The van der Waals surface area contributed by atoms with Gasteiger partial charge in [0.25, 0.3) is 0 Å². The molecule has 5 nitrogen and oxygen atoms in total. The number of rotatable bonds is 3. The lowest BCUT2D eigenvalue weighted by molar-refractivity contribution is -0.526. The third kappa shape index (κ3) is 2.42. The predicted octanol–water partition coefficient (Wildman–Crippen LogP) is 2.91. The Bertz CT molecular complexity index is 447. The second kappa shape index (κ2) is 5.20. The highest BCUT2D eigenvalue weighted by Crippen LogP contribution is 2.60. The second-order valence-corrected chi connectivity index (χ2v) is 8.46. The summed E-state index contributed by atoms with van der Waals surface area (Å²) in [6.45, 7) is 0. The van der Waals surface area contributed by atoms with Gasteiger partial charge in [-0.05, 0) is 69.1 Å². The minimum Gasteiger partial charge on any atom is -0.353 e. The van der Waals surface area contributed by atoms with Crippen molar-refractivity contribution in [2.45, 2.75) is 76.3 Å².